The molecule has 0 radical (unpaired) electrons. The van der Waals surface area contributed by atoms with Gasteiger partial charge in [-0.15, -0.1) is 0 Å². The molecule has 0 saturated carbocycles. The SMILES string of the molecule is O=C(O)c1ccccc1.c1cnccn1. The summed E-state index contributed by atoms with van der Waals surface area (Å²) in [4.78, 5) is 17.6. The van der Waals surface area contributed by atoms with Crippen molar-refractivity contribution in [3.05, 3.63) is 60.7 Å². The zero-order valence-electron chi connectivity index (χ0n) is 7.95. The van der Waals surface area contributed by atoms with Gasteiger partial charge in [0.25, 0.3) is 0 Å². The molecule has 4 nitrogen and oxygen atoms in total. The Kier molecular flexibility index (Phi) is 4.53. The molecule has 2 aromatic rings. The zero-order valence-corrected chi connectivity index (χ0v) is 7.95. The number of hydrogen-bond donors (Lipinski definition) is 1. The van der Waals surface area contributed by atoms with Crippen molar-refractivity contribution in [3.8, 4) is 0 Å². The number of benzene rings is 1. The lowest BCUT2D eigenvalue weighted by Crippen LogP contribution is -1.93. The molecule has 1 heterocycles. The van der Waals surface area contributed by atoms with E-state index in [1.165, 1.54) is 0 Å². The normalized spacial score (nSPS) is 8.53. The summed E-state index contributed by atoms with van der Waals surface area (Å²) in [5.41, 5.74) is 0.331. The fourth-order valence-corrected chi connectivity index (χ4v) is 0.834. The van der Waals surface area contributed by atoms with Crippen LogP contribution in [0.3, 0.4) is 0 Å². The zero-order chi connectivity index (χ0) is 10.9. The van der Waals surface area contributed by atoms with Gasteiger partial charge in [0, 0.05) is 24.8 Å². The Balaban J connectivity index is 0.000000162. The van der Waals surface area contributed by atoms with Crippen molar-refractivity contribution < 1.29 is 9.90 Å². The number of hydrogen-bond acceptors (Lipinski definition) is 3. The van der Waals surface area contributed by atoms with E-state index in [1.807, 2.05) is 0 Å². The van der Waals surface area contributed by atoms with Crippen molar-refractivity contribution in [3.63, 3.8) is 0 Å². The van der Waals surface area contributed by atoms with Crippen LogP contribution in [-0.2, 0) is 0 Å². The van der Waals surface area contributed by atoms with Crippen LogP contribution in [0.4, 0.5) is 0 Å². The van der Waals surface area contributed by atoms with E-state index in [0.29, 0.717) is 5.56 Å². The second kappa shape index (κ2) is 6.26. The summed E-state index contributed by atoms with van der Waals surface area (Å²) in [6.45, 7) is 0. The summed E-state index contributed by atoms with van der Waals surface area (Å²) in [5.74, 6) is -0.879. The first kappa shape index (κ1) is 10.8. The minimum absolute atomic E-state index is 0.331. The molecule has 0 unspecified atom stereocenters. The lowest BCUT2D eigenvalue weighted by molar-refractivity contribution is 0.0697. The van der Waals surface area contributed by atoms with Gasteiger partial charge in [-0.1, -0.05) is 18.2 Å². The first-order chi connectivity index (χ1) is 7.30. The van der Waals surface area contributed by atoms with Crippen molar-refractivity contribution in [2.45, 2.75) is 0 Å². The van der Waals surface area contributed by atoms with E-state index in [2.05, 4.69) is 9.97 Å². The molecule has 0 amide bonds. The van der Waals surface area contributed by atoms with Gasteiger partial charge in [-0.2, -0.15) is 0 Å². The van der Waals surface area contributed by atoms with Crippen LogP contribution in [0, 0.1) is 0 Å². The highest BCUT2D eigenvalue weighted by atomic mass is 16.4. The molecule has 0 aliphatic heterocycles. The quantitative estimate of drug-likeness (QED) is 0.766. The van der Waals surface area contributed by atoms with Crippen molar-refractivity contribution in [2.75, 3.05) is 0 Å². The number of nitrogens with zero attached hydrogens (tertiary/aromatic N) is 2. The Hall–Kier alpha value is -2.23. The van der Waals surface area contributed by atoms with Crippen molar-refractivity contribution in [2.24, 2.45) is 0 Å². The topological polar surface area (TPSA) is 63.1 Å². The molecular weight excluding hydrogens is 192 g/mol. The molecule has 0 aliphatic rings. The largest absolute Gasteiger partial charge is 0.478 e. The Morgan fingerprint density at radius 3 is 1.67 bits per heavy atom. The van der Waals surface area contributed by atoms with Gasteiger partial charge in [0.2, 0.25) is 0 Å². The lowest BCUT2D eigenvalue weighted by Gasteiger charge is -1.88. The Morgan fingerprint density at radius 1 is 0.933 bits per heavy atom. The summed E-state index contributed by atoms with van der Waals surface area (Å²) >= 11 is 0. The van der Waals surface area contributed by atoms with E-state index in [9.17, 15) is 4.79 Å². The third kappa shape index (κ3) is 4.52. The van der Waals surface area contributed by atoms with Crippen LogP contribution in [0.25, 0.3) is 0 Å². The van der Waals surface area contributed by atoms with Crippen LogP contribution in [0.1, 0.15) is 10.4 Å². The third-order valence-electron chi connectivity index (χ3n) is 1.50. The van der Waals surface area contributed by atoms with Gasteiger partial charge in [0.1, 0.15) is 0 Å². The van der Waals surface area contributed by atoms with E-state index in [0.717, 1.165) is 0 Å². The van der Waals surface area contributed by atoms with Gasteiger partial charge in [0.05, 0.1) is 5.56 Å². The Bertz CT molecular complexity index is 363. The van der Waals surface area contributed by atoms with Crippen molar-refractivity contribution >= 4 is 5.97 Å². The molecule has 1 aromatic carbocycles. The van der Waals surface area contributed by atoms with Gasteiger partial charge < -0.3 is 5.11 Å². The monoisotopic (exact) mass is 202 g/mol. The van der Waals surface area contributed by atoms with Gasteiger partial charge in [-0.3, -0.25) is 9.97 Å². The summed E-state index contributed by atoms with van der Waals surface area (Å²) in [6, 6.07) is 8.30. The summed E-state index contributed by atoms with van der Waals surface area (Å²) < 4.78 is 0. The van der Waals surface area contributed by atoms with E-state index in [4.69, 9.17) is 5.11 Å². The van der Waals surface area contributed by atoms with E-state index < -0.39 is 5.97 Å². The van der Waals surface area contributed by atoms with Gasteiger partial charge >= 0.3 is 5.97 Å². The number of carbonyl (C=O) groups is 1. The molecule has 0 fully saturated rings. The molecule has 76 valence electrons. The first-order valence-electron chi connectivity index (χ1n) is 4.29. The Labute approximate surface area is 87.3 Å². The number of carboxylic acid groups (broad SMARTS) is 1. The van der Waals surface area contributed by atoms with Crippen molar-refractivity contribution in [1.82, 2.24) is 9.97 Å². The van der Waals surface area contributed by atoms with Gasteiger partial charge in [0.15, 0.2) is 0 Å². The van der Waals surface area contributed by atoms with Crippen LogP contribution >= 0.6 is 0 Å². The fourth-order valence-electron chi connectivity index (χ4n) is 0.834. The molecular formula is C11H10N2O2. The maximum atomic E-state index is 10.2. The molecule has 0 bridgehead atoms. The standard InChI is InChI=1S/C7H6O2.C4H4N2/c8-7(9)6-4-2-1-3-5-6;1-2-6-4-3-5-1/h1-5H,(H,8,9);1-4H. The minimum atomic E-state index is -0.879. The maximum absolute atomic E-state index is 10.2. The highest BCUT2D eigenvalue weighted by Crippen LogP contribution is 1.96. The molecule has 2 rings (SSSR count). The smallest absolute Gasteiger partial charge is 0.335 e. The highest BCUT2D eigenvalue weighted by Gasteiger charge is 1.96. The fraction of sp³-hybridized carbons (Fsp3) is 0. The molecule has 15 heavy (non-hydrogen) atoms. The van der Waals surface area contributed by atoms with Crippen molar-refractivity contribution in [1.29, 1.82) is 0 Å². The van der Waals surface area contributed by atoms with E-state index >= 15 is 0 Å². The second-order valence-corrected chi connectivity index (χ2v) is 2.57. The van der Waals surface area contributed by atoms with Gasteiger partial charge in [-0.25, -0.2) is 4.79 Å². The Morgan fingerprint density at radius 2 is 1.40 bits per heavy atom. The highest BCUT2D eigenvalue weighted by molar-refractivity contribution is 5.87. The van der Waals surface area contributed by atoms with E-state index in [1.54, 1.807) is 55.1 Å². The van der Waals surface area contributed by atoms with Gasteiger partial charge in [-0.05, 0) is 12.1 Å². The maximum Gasteiger partial charge on any atom is 0.335 e. The molecule has 4 heteroatoms. The number of carboxylic acids is 1. The molecule has 0 atom stereocenters. The first-order valence-corrected chi connectivity index (χ1v) is 4.29. The minimum Gasteiger partial charge on any atom is -0.478 e. The molecule has 0 aliphatic carbocycles. The molecule has 0 spiro atoms. The van der Waals surface area contributed by atoms with Crippen LogP contribution in [0.5, 0.6) is 0 Å². The van der Waals surface area contributed by atoms with Crippen LogP contribution in [-0.4, -0.2) is 21.0 Å². The molecule has 0 saturated heterocycles. The predicted molar refractivity (Wildman–Crippen MR) is 55.4 cm³/mol. The number of aromatic nitrogens is 2. The molecule has 1 N–H and O–H groups in total. The second-order valence-electron chi connectivity index (χ2n) is 2.57. The van der Waals surface area contributed by atoms with Crippen LogP contribution in [0.2, 0.25) is 0 Å². The number of rotatable bonds is 1. The third-order valence-corrected chi connectivity index (χ3v) is 1.50. The average molecular weight is 202 g/mol. The average Bonchev–Trinajstić information content (AvgIpc) is 2.33. The summed E-state index contributed by atoms with van der Waals surface area (Å²) in [7, 11) is 0. The summed E-state index contributed by atoms with van der Waals surface area (Å²) in [6.07, 6.45) is 6.56. The summed E-state index contributed by atoms with van der Waals surface area (Å²) in [5, 5.41) is 8.38. The molecule has 1 aromatic heterocycles. The van der Waals surface area contributed by atoms with Crippen LogP contribution < -0.4 is 0 Å². The number of aromatic carboxylic acids is 1. The van der Waals surface area contributed by atoms with E-state index in [-0.39, 0.29) is 0 Å². The predicted octanol–water partition coefficient (Wildman–Crippen LogP) is 1.86. The van der Waals surface area contributed by atoms with Crippen LogP contribution in [0.15, 0.2) is 55.1 Å². The lowest BCUT2D eigenvalue weighted by atomic mass is 10.2.